The van der Waals surface area contributed by atoms with Gasteiger partial charge in [-0.05, 0) is 42.5 Å². The fourth-order valence-corrected chi connectivity index (χ4v) is 3.26. The summed E-state index contributed by atoms with van der Waals surface area (Å²) in [5.41, 5.74) is 2.29. The largest absolute Gasteiger partial charge is 0.246 e. The van der Waals surface area contributed by atoms with Gasteiger partial charge in [-0.15, -0.1) is 0 Å². The molecule has 1 saturated carbocycles. The lowest BCUT2D eigenvalue weighted by atomic mass is 9.83. The van der Waals surface area contributed by atoms with Crippen LogP contribution in [0.1, 0.15) is 60.3 Å². The van der Waals surface area contributed by atoms with Crippen molar-refractivity contribution in [2.45, 2.75) is 44.7 Å². The zero-order chi connectivity index (χ0) is 16.1. The van der Waals surface area contributed by atoms with Crippen LogP contribution in [0.3, 0.4) is 0 Å². The number of benzene rings is 2. The van der Waals surface area contributed by atoms with Crippen LogP contribution in [0.5, 0.6) is 0 Å². The molecule has 0 atom stereocenters. The van der Waals surface area contributed by atoms with Crippen LogP contribution in [0, 0.1) is 17.7 Å². The van der Waals surface area contributed by atoms with Crippen molar-refractivity contribution in [1.29, 1.82) is 0 Å². The lowest BCUT2D eigenvalue weighted by Crippen LogP contribution is -2.06. The van der Waals surface area contributed by atoms with Crippen molar-refractivity contribution in [3.8, 4) is 11.8 Å². The lowest BCUT2D eigenvalue weighted by molar-refractivity contribution is 0.439. The number of hydrogen-bond acceptors (Lipinski definition) is 0. The first-order valence-electron chi connectivity index (χ1n) is 8.23. The SMILES string of the molecule is FCc1cc(C2CCCCC2)cc(F)c1C#Cc1ccccc1. The molecule has 2 aromatic carbocycles. The van der Waals surface area contributed by atoms with Crippen LogP contribution in [0.4, 0.5) is 8.78 Å². The van der Waals surface area contributed by atoms with Crippen molar-refractivity contribution in [2.24, 2.45) is 0 Å². The summed E-state index contributed by atoms with van der Waals surface area (Å²) in [6, 6.07) is 12.7. The first-order chi connectivity index (χ1) is 11.3. The first-order valence-corrected chi connectivity index (χ1v) is 8.23. The minimum absolute atomic E-state index is 0.191. The maximum Gasteiger partial charge on any atom is 0.139 e. The third-order valence-electron chi connectivity index (χ3n) is 4.52. The lowest BCUT2D eigenvalue weighted by Gasteiger charge is -2.22. The second-order valence-electron chi connectivity index (χ2n) is 6.12. The van der Waals surface area contributed by atoms with Gasteiger partial charge in [0.2, 0.25) is 0 Å². The van der Waals surface area contributed by atoms with Crippen molar-refractivity contribution in [3.63, 3.8) is 0 Å². The maximum absolute atomic E-state index is 14.5. The molecule has 0 heterocycles. The van der Waals surface area contributed by atoms with Crippen LogP contribution in [0.25, 0.3) is 0 Å². The smallest absolute Gasteiger partial charge is 0.139 e. The Morgan fingerprint density at radius 1 is 0.957 bits per heavy atom. The van der Waals surface area contributed by atoms with Crippen molar-refractivity contribution >= 4 is 0 Å². The highest BCUT2D eigenvalue weighted by Crippen LogP contribution is 2.34. The summed E-state index contributed by atoms with van der Waals surface area (Å²) < 4.78 is 27.9. The molecule has 0 bridgehead atoms. The summed E-state index contributed by atoms with van der Waals surface area (Å²) in [7, 11) is 0. The summed E-state index contributed by atoms with van der Waals surface area (Å²) in [5, 5.41) is 0. The Kier molecular flexibility index (Phi) is 5.08. The minimum Gasteiger partial charge on any atom is -0.246 e. The maximum atomic E-state index is 14.5. The molecular formula is C21H20F2. The quantitative estimate of drug-likeness (QED) is 0.620. The topological polar surface area (TPSA) is 0 Å². The summed E-state index contributed by atoms with van der Waals surface area (Å²) >= 11 is 0. The van der Waals surface area contributed by atoms with E-state index < -0.39 is 12.5 Å². The predicted molar refractivity (Wildman–Crippen MR) is 89.5 cm³/mol. The van der Waals surface area contributed by atoms with Gasteiger partial charge in [-0.25, -0.2) is 8.78 Å². The molecule has 0 amide bonds. The molecule has 0 nitrogen and oxygen atoms in total. The average Bonchev–Trinajstić information content (AvgIpc) is 2.61. The normalized spacial score (nSPS) is 15.0. The number of alkyl halides is 1. The molecule has 0 N–H and O–H groups in total. The van der Waals surface area contributed by atoms with Gasteiger partial charge in [0.1, 0.15) is 12.5 Å². The molecule has 118 valence electrons. The molecule has 0 aromatic heterocycles. The van der Waals surface area contributed by atoms with Gasteiger partial charge in [-0.3, -0.25) is 0 Å². The molecule has 23 heavy (non-hydrogen) atoms. The van der Waals surface area contributed by atoms with E-state index in [9.17, 15) is 8.78 Å². The van der Waals surface area contributed by atoms with Gasteiger partial charge in [-0.2, -0.15) is 0 Å². The fraction of sp³-hybridized carbons (Fsp3) is 0.333. The summed E-state index contributed by atoms with van der Waals surface area (Å²) in [6.07, 6.45) is 5.73. The average molecular weight is 310 g/mol. The standard InChI is InChI=1S/C21H20F2/c22-15-19-13-18(17-9-5-2-6-10-17)14-21(23)20(19)12-11-16-7-3-1-4-8-16/h1,3-4,7-8,13-14,17H,2,5-6,9-10,15H2. The molecule has 0 spiro atoms. The van der Waals surface area contributed by atoms with E-state index in [2.05, 4.69) is 11.8 Å². The van der Waals surface area contributed by atoms with Gasteiger partial charge < -0.3 is 0 Å². The molecule has 0 saturated heterocycles. The van der Waals surface area contributed by atoms with E-state index in [0.717, 1.165) is 24.0 Å². The van der Waals surface area contributed by atoms with Crippen molar-refractivity contribution in [1.82, 2.24) is 0 Å². The van der Waals surface area contributed by atoms with Crippen LogP contribution in [-0.2, 0) is 6.67 Å². The molecule has 3 rings (SSSR count). The Bertz CT molecular complexity index is 717. The molecule has 0 radical (unpaired) electrons. The highest BCUT2D eigenvalue weighted by atomic mass is 19.1. The van der Waals surface area contributed by atoms with Gasteiger partial charge in [0.25, 0.3) is 0 Å². The highest BCUT2D eigenvalue weighted by molar-refractivity contribution is 5.49. The first kappa shape index (κ1) is 15.7. The Morgan fingerprint density at radius 3 is 2.39 bits per heavy atom. The van der Waals surface area contributed by atoms with Crippen LogP contribution in [0.15, 0.2) is 42.5 Å². The second-order valence-corrected chi connectivity index (χ2v) is 6.12. The van der Waals surface area contributed by atoms with E-state index in [-0.39, 0.29) is 5.56 Å². The molecule has 1 aliphatic rings. The van der Waals surface area contributed by atoms with E-state index in [0.29, 0.717) is 11.5 Å². The molecule has 1 fully saturated rings. The number of rotatable bonds is 2. The Balaban J connectivity index is 1.93. The third kappa shape index (κ3) is 3.79. The molecule has 0 unspecified atom stereocenters. The Morgan fingerprint density at radius 2 is 1.70 bits per heavy atom. The summed E-state index contributed by atoms with van der Waals surface area (Å²) in [6.45, 7) is -0.684. The number of halogens is 2. The van der Waals surface area contributed by atoms with E-state index in [4.69, 9.17) is 0 Å². The monoisotopic (exact) mass is 310 g/mol. The van der Waals surface area contributed by atoms with E-state index in [1.54, 1.807) is 6.07 Å². The zero-order valence-corrected chi connectivity index (χ0v) is 13.1. The molecular weight excluding hydrogens is 290 g/mol. The minimum atomic E-state index is -0.684. The number of hydrogen-bond donors (Lipinski definition) is 0. The second kappa shape index (κ2) is 7.42. The summed E-state index contributed by atoms with van der Waals surface area (Å²) in [4.78, 5) is 0. The molecule has 0 aliphatic heterocycles. The van der Waals surface area contributed by atoms with Gasteiger partial charge in [0.05, 0.1) is 5.56 Å². The van der Waals surface area contributed by atoms with Gasteiger partial charge in [0, 0.05) is 11.1 Å². The fourth-order valence-electron chi connectivity index (χ4n) is 3.26. The van der Waals surface area contributed by atoms with Crippen LogP contribution in [-0.4, -0.2) is 0 Å². The molecule has 2 aromatic rings. The summed E-state index contributed by atoms with van der Waals surface area (Å²) in [5.74, 6) is 5.69. The van der Waals surface area contributed by atoms with E-state index in [1.807, 2.05) is 36.4 Å². The van der Waals surface area contributed by atoms with Gasteiger partial charge in [0.15, 0.2) is 0 Å². The van der Waals surface area contributed by atoms with Crippen molar-refractivity contribution in [2.75, 3.05) is 0 Å². The van der Waals surface area contributed by atoms with Crippen LogP contribution >= 0.6 is 0 Å². The van der Waals surface area contributed by atoms with Crippen LogP contribution < -0.4 is 0 Å². The van der Waals surface area contributed by atoms with Crippen LogP contribution in [0.2, 0.25) is 0 Å². The van der Waals surface area contributed by atoms with Gasteiger partial charge in [-0.1, -0.05) is 55.4 Å². The predicted octanol–water partition coefficient (Wildman–Crippen LogP) is 5.74. The molecule has 2 heteroatoms. The van der Waals surface area contributed by atoms with Crippen molar-refractivity contribution in [3.05, 3.63) is 70.5 Å². The Hall–Kier alpha value is -2.14. The zero-order valence-electron chi connectivity index (χ0n) is 13.1. The Labute approximate surface area is 136 Å². The van der Waals surface area contributed by atoms with Gasteiger partial charge >= 0.3 is 0 Å². The third-order valence-corrected chi connectivity index (χ3v) is 4.52. The molecule has 1 aliphatic carbocycles. The van der Waals surface area contributed by atoms with Crippen molar-refractivity contribution < 1.29 is 8.78 Å². The van der Waals surface area contributed by atoms with E-state index >= 15 is 0 Å². The highest BCUT2D eigenvalue weighted by Gasteiger charge is 2.18. The van der Waals surface area contributed by atoms with E-state index in [1.165, 1.54) is 19.3 Å².